The van der Waals surface area contributed by atoms with Crippen LogP contribution < -0.4 is 5.32 Å². The Labute approximate surface area is 182 Å². The first kappa shape index (κ1) is 28.9. The van der Waals surface area contributed by atoms with Gasteiger partial charge < -0.3 is 34.5 Å². The quantitative estimate of drug-likeness (QED) is 0.240. The fraction of sp³-hybridized carbons (Fsp3) is 0.789. The Morgan fingerprint density at radius 2 is 1.39 bits per heavy atom. The fourth-order valence-corrected chi connectivity index (χ4v) is 2.07. The third-order valence-electron chi connectivity index (χ3n) is 3.59. The van der Waals surface area contributed by atoms with Crippen LogP contribution >= 0.6 is 0 Å². The molecule has 0 unspecified atom stereocenters. The number of amides is 1. The minimum atomic E-state index is -0.878. The Kier molecular flexibility index (Phi) is 18.5. The van der Waals surface area contributed by atoms with E-state index in [4.69, 9.17) is 29.2 Å². The number of nitrogens with one attached hydrogen (secondary N) is 1. The molecule has 0 aromatic heterocycles. The van der Waals surface area contributed by atoms with Crippen molar-refractivity contribution in [2.75, 3.05) is 73.0 Å². The normalized spacial score (nSPS) is 13.0. The summed E-state index contributed by atoms with van der Waals surface area (Å²) in [5.74, 6) is -1.72. The Balaban J connectivity index is 0.000000615. The van der Waals surface area contributed by atoms with Gasteiger partial charge in [-0.2, -0.15) is 5.10 Å². The zero-order chi connectivity index (χ0) is 23.3. The van der Waals surface area contributed by atoms with Crippen LogP contribution in [0, 0.1) is 0 Å². The molecular weight excluding hydrogens is 414 g/mol. The number of carboxylic acid groups (broad SMARTS) is 2. The van der Waals surface area contributed by atoms with Crippen LogP contribution in [0.5, 0.6) is 0 Å². The topological polar surface area (TPSA) is 156 Å². The van der Waals surface area contributed by atoms with Crippen LogP contribution in [0.25, 0.3) is 0 Å². The van der Waals surface area contributed by atoms with Crippen molar-refractivity contribution in [3.8, 4) is 0 Å². The predicted molar refractivity (Wildman–Crippen MR) is 111 cm³/mol. The lowest BCUT2D eigenvalue weighted by Gasteiger charge is -2.11. The van der Waals surface area contributed by atoms with Gasteiger partial charge in [0, 0.05) is 12.3 Å². The van der Waals surface area contributed by atoms with Gasteiger partial charge in [0.25, 0.3) is 0 Å². The molecule has 0 aromatic carbocycles. The maximum atomic E-state index is 11.3. The molecule has 0 saturated carbocycles. The monoisotopic (exact) mass is 449 g/mol. The molecule has 0 radical (unpaired) electrons. The smallest absolute Gasteiger partial charge is 0.305 e. The summed E-state index contributed by atoms with van der Waals surface area (Å²) in [7, 11) is 1.85. The maximum Gasteiger partial charge on any atom is 0.305 e. The highest BCUT2D eigenvalue weighted by Crippen LogP contribution is 2.06. The Hall–Kier alpha value is -2.12. The van der Waals surface area contributed by atoms with Gasteiger partial charge in [0.2, 0.25) is 5.91 Å². The van der Waals surface area contributed by atoms with Gasteiger partial charge in [0.1, 0.15) is 0 Å². The lowest BCUT2D eigenvalue weighted by Crippen LogP contribution is -2.25. The first-order valence-electron chi connectivity index (χ1n) is 10.1. The highest BCUT2D eigenvalue weighted by Gasteiger charge is 2.20. The van der Waals surface area contributed by atoms with E-state index in [0.29, 0.717) is 52.6 Å². The van der Waals surface area contributed by atoms with E-state index in [-0.39, 0.29) is 32.0 Å². The molecule has 0 aromatic rings. The molecule has 1 heterocycles. The van der Waals surface area contributed by atoms with Gasteiger partial charge in [-0.1, -0.05) is 0 Å². The van der Waals surface area contributed by atoms with Crippen molar-refractivity contribution < 1.29 is 43.5 Å². The second-order valence-electron chi connectivity index (χ2n) is 6.37. The van der Waals surface area contributed by atoms with Crippen molar-refractivity contribution in [1.29, 1.82) is 0 Å². The molecular formula is C19H35N3O9. The molecule has 1 aliphatic heterocycles. The van der Waals surface area contributed by atoms with Crippen LogP contribution in [0.4, 0.5) is 0 Å². The van der Waals surface area contributed by atoms with Gasteiger partial charge in [0.15, 0.2) is 0 Å². The number of aliphatic carboxylic acids is 2. The summed E-state index contributed by atoms with van der Waals surface area (Å²) in [4.78, 5) is 31.6. The molecule has 12 heteroatoms. The van der Waals surface area contributed by atoms with Crippen LogP contribution in [-0.4, -0.2) is 112 Å². The van der Waals surface area contributed by atoms with Crippen molar-refractivity contribution in [1.82, 2.24) is 10.3 Å². The number of hydrazone groups is 1. The zero-order valence-corrected chi connectivity index (χ0v) is 18.3. The number of hydrogen-bond acceptors (Lipinski definition) is 9. The minimum absolute atomic E-state index is 0.00370. The molecule has 0 aliphatic carbocycles. The van der Waals surface area contributed by atoms with Gasteiger partial charge in [0.05, 0.1) is 78.7 Å². The molecule has 1 amide bonds. The summed E-state index contributed by atoms with van der Waals surface area (Å²) in [6.07, 6.45) is 0.436. The van der Waals surface area contributed by atoms with E-state index < -0.39 is 11.9 Å². The SMILES string of the molecule is CC1=NN(CCOCCOCCC(=O)O)C(=O)C1.CNCCOCCOCCC(=O)O. The summed E-state index contributed by atoms with van der Waals surface area (Å²) in [5, 5.41) is 25.0. The van der Waals surface area contributed by atoms with Crippen molar-refractivity contribution in [3.05, 3.63) is 0 Å². The van der Waals surface area contributed by atoms with Crippen LogP contribution in [0.1, 0.15) is 26.2 Å². The second-order valence-corrected chi connectivity index (χ2v) is 6.37. The summed E-state index contributed by atoms with van der Waals surface area (Å²) >= 11 is 0. The number of nitrogens with zero attached hydrogens (tertiary/aromatic N) is 2. The molecule has 31 heavy (non-hydrogen) atoms. The fourth-order valence-electron chi connectivity index (χ4n) is 2.07. The lowest BCUT2D eigenvalue weighted by molar-refractivity contribution is -0.139. The van der Waals surface area contributed by atoms with Crippen LogP contribution in [0.3, 0.4) is 0 Å². The summed E-state index contributed by atoms with van der Waals surface area (Å²) in [6, 6.07) is 0. The molecule has 0 fully saturated rings. The number of carboxylic acids is 2. The Morgan fingerprint density at radius 3 is 1.81 bits per heavy atom. The van der Waals surface area contributed by atoms with Gasteiger partial charge in [-0.25, -0.2) is 5.01 Å². The van der Waals surface area contributed by atoms with E-state index >= 15 is 0 Å². The van der Waals surface area contributed by atoms with E-state index in [0.717, 1.165) is 12.3 Å². The van der Waals surface area contributed by atoms with Gasteiger partial charge in [-0.15, -0.1) is 0 Å². The largest absolute Gasteiger partial charge is 0.481 e. The standard InChI is InChI=1S/C11H18N2O5.C8H17NO4/c1-9-8-10(14)13(12-9)3-5-18-7-6-17-4-2-11(15)16;1-9-3-5-13-7-6-12-4-2-8(10)11/h2-8H2,1H3,(H,15,16);9H,2-7H2,1H3,(H,10,11). The summed E-state index contributed by atoms with van der Waals surface area (Å²) < 4.78 is 20.4. The Bertz CT molecular complexity index is 544. The Morgan fingerprint density at radius 1 is 0.903 bits per heavy atom. The average Bonchev–Trinajstić information content (AvgIpc) is 3.03. The van der Waals surface area contributed by atoms with Crippen molar-refractivity contribution >= 4 is 23.6 Å². The molecule has 0 spiro atoms. The third kappa shape index (κ3) is 19.6. The number of carbonyl (C=O) groups is 3. The molecule has 1 rings (SSSR count). The molecule has 180 valence electrons. The van der Waals surface area contributed by atoms with Crippen LogP contribution in [-0.2, 0) is 33.3 Å². The first-order chi connectivity index (χ1) is 14.9. The predicted octanol–water partition coefficient (Wildman–Crippen LogP) is -0.184. The summed E-state index contributed by atoms with van der Waals surface area (Å²) in [6.45, 7) is 6.25. The van der Waals surface area contributed by atoms with Gasteiger partial charge >= 0.3 is 11.9 Å². The minimum Gasteiger partial charge on any atom is -0.481 e. The van der Waals surface area contributed by atoms with E-state index in [1.165, 1.54) is 5.01 Å². The number of likely N-dealkylation sites (N-methyl/N-ethyl adjacent to an activating group) is 1. The third-order valence-corrected chi connectivity index (χ3v) is 3.59. The van der Waals surface area contributed by atoms with Crippen LogP contribution in [0.2, 0.25) is 0 Å². The number of rotatable bonds is 18. The lowest BCUT2D eigenvalue weighted by atomic mass is 10.3. The van der Waals surface area contributed by atoms with Crippen molar-refractivity contribution in [2.45, 2.75) is 26.2 Å². The van der Waals surface area contributed by atoms with E-state index in [1.807, 2.05) is 14.0 Å². The highest BCUT2D eigenvalue weighted by atomic mass is 16.5. The molecule has 1 aliphatic rings. The van der Waals surface area contributed by atoms with Gasteiger partial charge in [-0.3, -0.25) is 14.4 Å². The van der Waals surface area contributed by atoms with E-state index in [9.17, 15) is 14.4 Å². The first-order valence-corrected chi connectivity index (χ1v) is 10.1. The van der Waals surface area contributed by atoms with Crippen molar-refractivity contribution in [2.24, 2.45) is 5.10 Å². The number of ether oxygens (including phenoxy) is 4. The maximum absolute atomic E-state index is 11.3. The highest BCUT2D eigenvalue weighted by molar-refractivity contribution is 6.03. The van der Waals surface area contributed by atoms with E-state index in [1.54, 1.807) is 0 Å². The molecule has 0 atom stereocenters. The number of hydrogen-bond donors (Lipinski definition) is 3. The average molecular weight is 450 g/mol. The number of carbonyl (C=O) groups excluding carboxylic acids is 1. The molecule has 0 bridgehead atoms. The van der Waals surface area contributed by atoms with Crippen LogP contribution in [0.15, 0.2) is 5.10 Å². The van der Waals surface area contributed by atoms with Gasteiger partial charge in [-0.05, 0) is 14.0 Å². The summed E-state index contributed by atoms with van der Waals surface area (Å²) in [5.41, 5.74) is 0.817. The molecule has 0 saturated heterocycles. The second kappa shape index (κ2) is 19.8. The van der Waals surface area contributed by atoms with E-state index in [2.05, 4.69) is 10.4 Å². The van der Waals surface area contributed by atoms with Crippen molar-refractivity contribution in [3.63, 3.8) is 0 Å². The molecule has 3 N–H and O–H groups in total. The molecule has 12 nitrogen and oxygen atoms in total. The zero-order valence-electron chi connectivity index (χ0n) is 18.3.